The van der Waals surface area contributed by atoms with Crippen LogP contribution in [-0.4, -0.2) is 4.98 Å². The van der Waals surface area contributed by atoms with Gasteiger partial charge in [-0.1, -0.05) is 18.6 Å². The van der Waals surface area contributed by atoms with Crippen LogP contribution in [0.4, 0.5) is 0 Å². The zero-order chi connectivity index (χ0) is 10.6. The van der Waals surface area contributed by atoms with Gasteiger partial charge in [0.25, 0.3) is 0 Å². The molecule has 1 rings (SSSR count). The van der Waals surface area contributed by atoms with E-state index in [0.717, 1.165) is 6.42 Å². The molecule has 0 aliphatic rings. The van der Waals surface area contributed by atoms with E-state index >= 15 is 0 Å². The van der Waals surface area contributed by atoms with E-state index in [2.05, 4.69) is 31.8 Å². The Morgan fingerprint density at radius 2 is 2.29 bits per heavy atom. The molecular formula is C12H18N2. The Morgan fingerprint density at radius 1 is 1.57 bits per heavy atom. The van der Waals surface area contributed by atoms with E-state index in [4.69, 9.17) is 5.73 Å². The van der Waals surface area contributed by atoms with E-state index in [1.54, 1.807) is 6.20 Å². The molecule has 0 amide bonds. The van der Waals surface area contributed by atoms with Crippen LogP contribution in [0.5, 0.6) is 0 Å². The number of aromatic nitrogens is 1. The van der Waals surface area contributed by atoms with Crippen molar-refractivity contribution in [1.29, 1.82) is 0 Å². The second-order valence-corrected chi connectivity index (χ2v) is 3.70. The summed E-state index contributed by atoms with van der Waals surface area (Å²) in [5.74, 6) is 0. The van der Waals surface area contributed by atoms with Crippen LogP contribution in [0, 0.1) is 0 Å². The van der Waals surface area contributed by atoms with Gasteiger partial charge in [-0.3, -0.25) is 4.98 Å². The van der Waals surface area contributed by atoms with Crippen LogP contribution in [0.1, 0.15) is 37.9 Å². The summed E-state index contributed by atoms with van der Waals surface area (Å²) < 4.78 is 0. The molecule has 0 fully saturated rings. The van der Waals surface area contributed by atoms with Crippen LogP contribution in [0.25, 0.3) is 0 Å². The third-order valence-electron chi connectivity index (χ3n) is 2.19. The summed E-state index contributed by atoms with van der Waals surface area (Å²) in [5, 5.41) is 0. The van der Waals surface area contributed by atoms with Crippen LogP contribution >= 0.6 is 0 Å². The Labute approximate surface area is 85.9 Å². The van der Waals surface area contributed by atoms with Crippen molar-refractivity contribution >= 4 is 0 Å². The molecule has 1 unspecified atom stereocenters. The zero-order valence-corrected chi connectivity index (χ0v) is 9.12. The summed E-state index contributed by atoms with van der Waals surface area (Å²) in [6.07, 6.45) is 6.75. The molecule has 2 N–H and O–H groups in total. The lowest BCUT2D eigenvalue weighted by atomic mass is 10.0. The first kappa shape index (κ1) is 10.9. The van der Waals surface area contributed by atoms with E-state index in [1.807, 2.05) is 12.3 Å². The van der Waals surface area contributed by atoms with Gasteiger partial charge in [0, 0.05) is 18.4 Å². The monoisotopic (exact) mass is 190 g/mol. The van der Waals surface area contributed by atoms with E-state index in [0.29, 0.717) is 0 Å². The number of hydrogen-bond acceptors (Lipinski definition) is 2. The predicted octanol–water partition coefficient (Wildman–Crippen LogP) is 2.61. The van der Waals surface area contributed by atoms with Crippen molar-refractivity contribution in [2.45, 2.75) is 33.2 Å². The molecule has 2 heteroatoms. The van der Waals surface area contributed by atoms with Gasteiger partial charge < -0.3 is 5.73 Å². The van der Waals surface area contributed by atoms with Crippen molar-refractivity contribution < 1.29 is 0 Å². The first-order chi connectivity index (χ1) is 6.65. The van der Waals surface area contributed by atoms with Crippen LogP contribution in [0.15, 0.2) is 30.1 Å². The van der Waals surface area contributed by atoms with E-state index < -0.39 is 0 Å². The number of allylic oxidation sites excluding steroid dienone is 1. The molecule has 0 radical (unpaired) electrons. The number of pyridine rings is 1. The van der Waals surface area contributed by atoms with Crippen LogP contribution in [0.3, 0.4) is 0 Å². The van der Waals surface area contributed by atoms with Gasteiger partial charge in [-0.25, -0.2) is 0 Å². The van der Waals surface area contributed by atoms with Gasteiger partial charge in [0.1, 0.15) is 0 Å². The van der Waals surface area contributed by atoms with Gasteiger partial charge in [-0.2, -0.15) is 0 Å². The van der Waals surface area contributed by atoms with Gasteiger partial charge in [0.05, 0.1) is 0 Å². The zero-order valence-electron chi connectivity index (χ0n) is 9.12. The highest BCUT2D eigenvalue weighted by Crippen LogP contribution is 2.17. The van der Waals surface area contributed by atoms with Gasteiger partial charge >= 0.3 is 0 Å². The van der Waals surface area contributed by atoms with Crippen molar-refractivity contribution in [2.24, 2.45) is 5.73 Å². The molecule has 1 atom stereocenters. The summed E-state index contributed by atoms with van der Waals surface area (Å²) in [5.41, 5.74) is 9.73. The largest absolute Gasteiger partial charge is 0.321 e. The molecule has 1 heterocycles. The Balaban J connectivity index is 2.99. The average Bonchev–Trinajstić information content (AvgIpc) is 2.16. The second-order valence-electron chi connectivity index (χ2n) is 3.70. The smallest absolute Gasteiger partial charge is 0.0487 e. The van der Waals surface area contributed by atoms with Crippen LogP contribution in [-0.2, 0) is 6.42 Å². The third-order valence-corrected chi connectivity index (χ3v) is 2.19. The van der Waals surface area contributed by atoms with Crippen LogP contribution in [0.2, 0.25) is 0 Å². The standard InChI is InChI=1S/C12H18N2/c1-4-10-8-14-6-5-11(10)12(13)7-9(2)3/h5-8,12H,4,13H2,1-3H3. The fourth-order valence-corrected chi connectivity index (χ4v) is 1.51. The maximum Gasteiger partial charge on any atom is 0.0487 e. The minimum absolute atomic E-state index is 0.00190. The molecule has 14 heavy (non-hydrogen) atoms. The molecule has 1 aromatic heterocycles. The van der Waals surface area contributed by atoms with Crippen molar-refractivity contribution in [3.63, 3.8) is 0 Å². The molecule has 2 nitrogen and oxygen atoms in total. The lowest BCUT2D eigenvalue weighted by Crippen LogP contribution is -2.10. The molecular weight excluding hydrogens is 172 g/mol. The number of hydrogen-bond donors (Lipinski definition) is 1. The molecule has 0 aliphatic carbocycles. The molecule has 0 aliphatic heterocycles. The van der Waals surface area contributed by atoms with E-state index in [-0.39, 0.29) is 6.04 Å². The Hall–Kier alpha value is -1.15. The van der Waals surface area contributed by atoms with Gasteiger partial charge in [0.2, 0.25) is 0 Å². The van der Waals surface area contributed by atoms with E-state index in [1.165, 1.54) is 16.7 Å². The molecule has 0 saturated heterocycles. The molecule has 0 aromatic carbocycles. The lowest BCUT2D eigenvalue weighted by Gasteiger charge is -2.12. The summed E-state index contributed by atoms with van der Waals surface area (Å²) in [4.78, 5) is 4.10. The minimum Gasteiger partial charge on any atom is -0.321 e. The average molecular weight is 190 g/mol. The summed E-state index contributed by atoms with van der Waals surface area (Å²) >= 11 is 0. The molecule has 0 spiro atoms. The Morgan fingerprint density at radius 3 is 2.86 bits per heavy atom. The topological polar surface area (TPSA) is 38.9 Å². The summed E-state index contributed by atoms with van der Waals surface area (Å²) in [6.45, 7) is 6.25. The molecule has 76 valence electrons. The fraction of sp³-hybridized carbons (Fsp3) is 0.417. The van der Waals surface area contributed by atoms with Gasteiger partial charge in [-0.05, 0) is 37.5 Å². The number of aryl methyl sites for hydroxylation is 1. The molecule has 0 saturated carbocycles. The fourth-order valence-electron chi connectivity index (χ4n) is 1.51. The predicted molar refractivity (Wildman–Crippen MR) is 60.0 cm³/mol. The quantitative estimate of drug-likeness (QED) is 0.744. The van der Waals surface area contributed by atoms with Crippen LogP contribution < -0.4 is 5.73 Å². The number of rotatable bonds is 3. The summed E-state index contributed by atoms with van der Waals surface area (Å²) in [7, 11) is 0. The van der Waals surface area contributed by atoms with Crippen molar-refractivity contribution in [2.75, 3.05) is 0 Å². The molecule has 0 bridgehead atoms. The maximum absolute atomic E-state index is 6.07. The lowest BCUT2D eigenvalue weighted by molar-refractivity contribution is 0.867. The first-order valence-corrected chi connectivity index (χ1v) is 4.98. The van der Waals surface area contributed by atoms with E-state index in [9.17, 15) is 0 Å². The Bertz CT molecular complexity index is 325. The SMILES string of the molecule is CCc1cnccc1C(N)C=C(C)C. The highest BCUT2D eigenvalue weighted by atomic mass is 14.7. The first-order valence-electron chi connectivity index (χ1n) is 4.98. The third kappa shape index (κ3) is 2.67. The molecule has 1 aromatic rings. The number of nitrogens with zero attached hydrogens (tertiary/aromatic N) is 1. The summed E-state index contributed by atoms with van der Waals surface area (Å²) in [6, 6.07) is 2.00. The van der Waals surface area contributed by atoms with Crippen molar-refractivity contribution in [3.8, 4) is 0 Å². The van der Waals surface area contributed by atoms with Gasteiger partial charge in [-0.15, -0.1) is 0 Å². The number of nitrogens with two attached hydrogens (primary N) is 1. The van der Waals surface area contributed by atoms with Gasteiger partial charge in [0.15, 0.2) is 0 Å². The van der Waals surface area contributed by atoms with Crippen molar-refractivity contribution in [1.82, 2.24) is 4.98 Å². The normalized spacial score (nSPS) is 12.3. The maximum atomic E-state index is 6.07. The highest BCUT2D eigenvalue weighted by molar-refractivity contribution is 5.30. The van der Waals surface area contributed by atoms with Crippen molar-refractivity contribution in [3.05, 3.63) is 41.2 Å². The highest BCUT2D eigenvalue weighted by Gasteiger charge is 2.06. The minimum atomic E-state index is -0.00190. The second kappa shape index (κ2) is 4.91. The Kier molecular flexibility index (Phi) is 3.84.